The van der Waals surface area contributed by atoms with Gasteiger partial charge in [-0.2, -0.15) is 0 Å². The molecule has 1 aromatic heterocycles. The van der Waals surface area contributed by atoms with E-state index in [9.17, 15) is 4.79 Å². The number of aryl methyl sites for hydroxylation is 1. The van der Waals surface area contributed by atoms with Gasteiger partial charge in [-0.15, -0.1) is 0 Å². The maximum Gasteiger partial charge on any atom is 0.354 e. The highest BCUT2D eigenvalue weighted by molar-refractivity contribution is 5.87. The molecule has 13 heavy (non-hydrogen) atoms. The van der Waals surface area contributed by atoms with Gasteiger partial charge in [-0.1, -0.05) is 13.8 Å². The molecule has 0 aliphatic rings. The van der Waals surface area contributed by atoms with Gasteiger partial charge in [0, 0.05) is 13.0 Å². The topological polar surface area (TPSA) is 55.1 Å². The average molecular weight is 182 g/mol. The van der Waals surface area contributed by atoms with Crippen LogP contribution in [-0.4, -0.2) is 20.6 Å². The number of rotatable bonds is 2. The molecule has 1 N–H and O–H groups in total. The number of hydrogen-bond acceptors (Lipinski definition) is 2. The van der Waals surface area contributed by atoms with Crippen molar-refractivity contribution in [2.24, 2.45) is 7.05 Å². The van der Waals surface area contributed by atoms with Crippen LogP contribution in [0.3, 0.4) is 0 Å². The summed E-state index contributed by atoms with van der Waals surface area (Å²) in [7, 11) is 1.73. The van der Waals surface area contributed by atoms with Crippen molar-refractivity contribution in [3.63, 3.8) is 0 Å². The van der Waals surface area contributed by atoms with Crippen molar-refractivity contribution < 1.29 is 9.90 Å². The summed E-state index contributed by atoms with van der Waals surface area (Å²) in [4.78, 5) is 15.0. The van der Waals surface area contributed by atoms with Gasteiger partial charge in [0.05, 0.1) is 5.69 Å². The second kappa shape index (κ2) is 3.20. The Kier molecular flexibility index (Phi) is 2.40. The summed E-state index contributed by atoms with van der Waals surface area (Å²) >= 11 is 0. The second-order valence-corrected chi connectivity index (χ2v) is 3.42. The van der Waals surface area contributed by atoms with Crippen molar-refractivity contribution >= 4 is 5.97 Å². The monoisotopic (exact) mass is 182 g/mol. The molecule has 72 valence electrons. The van der Waals surface area contributed by atoms with Gasteiger partial charge in [0.2, 0.25) is 0 Å². The molecule has 0 radical (unpaired) electrons. The number of carboxylic acid groups (broad SMARTS) is 1. The first-order valence-electron chi connectivity index (χ1n) is 4.21. The molecule has 0 aromatic carbocycles. The first-order chi connectivity index (χ1) is 5.95. The molecule has 4 nitrogen and oxygen atoms in total. The van der Waals surface area contributed by atoms with Crippen molar-refractivity contribution in [2.75, 3.05) is 0 Å². The zero-order chi connectivity index (χ0) is 10.2. The predicted molar refractivity (Wildman–Crippen MR) is 49.0 cm³/mol. The number of carbonyl (C=O) groups is 1. The fourth-order valence-corrected chi connectivity index (χ4v) is 1.47. The molecule has 0 amide bonds. The Morgan fingerprint density at radius 2 is 2.08 bits per heavy atom. The van der Waals surface area contributed by atoms with E-state index in [1.54, 1.807) is 18.5 Å². The van der Waals surface area contributed by atoms with Crippen molar-refractivity contribution in [3.8, 4) is 0 Å². The van der Waals surface area contributed by atoms with Crippen LogP contribution in [0.1, 0.15) is 41.8 Å². The van der Waals surface area contributed by atoms with Crippen LogP contribution in [0.2, 0.25) is 0 Å². The van der Waals surface area contributed by atoms with Crippen LogP contribution in [0.25, 0.3) is 0 Å². The van der Waals surface area contributed by atoms with Crippen molar-refractivity contribution in [1.29, 1.82) is 0 Å². The van der Waals surface area contributed by atoms with Gasteiger partial charge in [0.25, 0.3) is 0 Å². The van der Waals surface area contributed by atoms with Gasteiger partial charge in [-0.05, 0) is 6.92 Å². The first kappa shape index (κ1) is 9.77. The summed E-state index contributed by atoms with van der Waals surface area (Å²) in [6, 6.07) is 0. The third-order valence-electron chi connectivity index (χ3n) is 2.02. The summed E-state index contributed by atoms with van der Waals surface area (Å²) in [5, 5.41) is 8.88. The fraction of sp³-hybridized carbons (Fsp3) is 0.556. The van der Waals surface area contributed by atoms with E-state index in [-0.39, 0.29) is 11.6 Å². The lowest BCUT2D eigenvalue weighted by Gasteiger charge is -2.05. The SMILES string of the molecule is Cc1nc(C(C)C)n(C)c1C(=O)O. The molecule has 0 atom stereocenters. The zero-order valence-electron chi connectivity index (χ0n) is 8.33. The highest BCUT2D eigenvalue weighted by Crippen LogP contribution is 2.16. The quantitative estimate of drug-likeness (QED) is 0.755. The molecule has 0 spiro atoms. The van der Waals surface area contributed by atoms with E-state index < -0.39 is 5.97 Å². The zero-order valence-corrected chi connectivity index (χ0v) is 8.33. The van der Waals surface area contributed by atoms with E-state index >= 15 is 0 Å². The summed E-state index contributed by atoms with van der Waals surface area (Å²) in [5.74, 6) is 0.145. The van der Waals surface area contributed by atoms with Gasteiger partial charge in [-0.3, -0.25) is 0 Å². The molecular weight excluding hydrogens is 168 g/mol. The number of aromatic nitrogens is 2. The smallest absolute Gasteiger partial charge is 0.354 e. The van der Waals surface area contributed by atoms with Crippen LogP contribution in [0.15, 0.2) is 0 Å². The first-order valence-corrected chi connectivity index (χ1v) is 4.21. The van der Waals surface area contributed by atoms with Crippen LogP contribution in [0.4, 0.5) is 0 Å². The van der Waals surface area contributed by atoms with Crippen molar-refractivity contribution in [1.82, 2.24) is 9.55 Å². The standard InChI is InChI=1S/C9H14N2O2/c1-5(2)8-10-6(3)7(9(12)13)11(8)4/h5H,1-4H3,(H,12,13). The van der Waals surface area contributed by atoms with Crippen molar-refractivity contribution in [2.45, 2.75) is 26.7 Å². The van der Waals surface area contributed by atoms with Crippen LogP contribution in [0.5, 0.6) is 0 Å². The number of carboxylic acids is 1. The maximum absolute atomic E-state index is 10.8. The summed E-state index contributed by atoms with van der Waals surface area (Å²) < 4.78 is 1.64. The van der Waals surface area contributed by atoms with E-state index in [0.29, 0.717) is 5.69 Å². The van der Waals surface area contributed by atoms with E-state index in [1.165, 1.54) is 0 Å². The molecule has 0 bridgehead atoms. The number of nitrogens with zero attached hydrogens (tertiary/aromatic N) is 2. The lowest BCUT2D eigenvalue weighted by atomic mass is 10.2. The Morgan fingerprint density at radius 3 is 2.31 bits per heavy atom. The largest absolute Gasteiger partial charge is 0.477 e. The van der Waals surface area contributed by atoms with Crippen LogP contribution < -0.4 is 0 Å². The van der Waals surface area contributed by atoms with E-state index in [4.69, 9.17) is 5.11 Å². The molecule has 0 aliphatic carbocycles. The minimum Gasteiger partial charge on any atom is -0.477 e. The Bertz CT molecular complexity index is 340. The number of imidazole rings is 1. The molecule has 0 saturated carbocycles. The minimum atomic E-state index is -0.917. The number of hydrogen-bond donors (Lipinski definition) is 1. The van der Waals surface area contributed by atoms with Crippen molar-refractivity contribution in [3.05, 3.63) is 17.2 Å². The Morgan fingerprint density at radius 1 is 1.54 bits per heavy atom. The average Bonchev–Trinajstić information content (AvgIpc) is 2.26. The van der Waals surface area contributed by atoms with E-state index in [2.05, 4.69) is 4.98 Å². The predicted octanol–water partition coefficient (Wildman–Crippen LogP) is 1.55. The van der Waals surface area contributed by atoms with Gasteiger partial charge < -0.3 is 9.67 Å². The lowest BCUT2D eigenvalue weighted by Crippen LogP contribution is -2.08. The Balaban J connectivity index is 3.30. The fourth-order valence-electron chi connectivity index (χ4n) is 1.47. The normalized spacial score (nSPS) is 10.8. The molecular formula is C9H14N2O2. The molecule has 0 unspecified atom stereocenters. The second-order valence-electron chi connectivity index (χ2n) is 3.42. The molecule has 1 heterocycles. The minimum absolute atomic E-state index is 0.247. The van der Waals surface area contributed by atoms with E-state index in [1.807, 2.05) is 13.8 Å². The van der Waals surface area contributed by atoms with Gasteiger partial charge >= 0.3 is 5.97 Å². The molecule has 1 aromatic rings. The molecule has 1 rings (SSSR count). The van der Waals surface area contributed by atoms with E-state index in [0.717, 1.165) is 5.82 Å². The molecule has 0 aliphatic heterocycles. The summed E-state index contributed by atoms with van der Waals surface area (Å²) in [5.41, 5.74) is 0.863. The lowest BCUT2D eigenvalue weighted by molar-refractivity contribution is 0.0685. The third kappa shape index (κ3) is 1.56. The summed E-state index contributed by atoms with van der Waals surface area (Å²) in [6.07, 6.45) is 0. The maximum atomic E-state index is 10.8. The highest BCUT2D eigenvalue weighted by Gasteiger charge is 2.18. The van der Waals surface area contributed by atoms with Gasteiger partial charge in [-0.25, -0.2) is 9.78 Å². The Hall–Kier alpha value is -1.32. The highest BCUT2D eigenvalue weighted by atomic mass is 16.4. The molecule has 0 fully saturated rings. The molecule has 4 heteroatoms. The Labute approximate surface area is 77.2 Å². The van der Waals surface area contributed by atoms with Gasteiger partial charge in [0.1, 0.15) is 11.5 Å². The number of aromatic carboxylic acids is 1. The summed E-state index contributed by atoms with van der Waals surface area (Å²) in [6.45, 7) is 5.70. The van der Waals surface area contributed by atoms with Crippen LogP contribution in [0, 0.1) is 6.92 Å². The van der Waals surface area contributed by atoms with Crippen LogP contribution >= 0.6 is 0 Å². The van der Waals surface area contributed by atoms with Crippen LogP contribution in [-0.2, 0) is 7.05 Å². The third-order valence-corrected chi connectivity index (χ3v) is 2.02. The molecule has 0 saturated heterocycles. The van der Waals surface area contributed by atoms with Gasteiger partial charge in [0.15, 0.2) is 0 Å².